The number of hydrogen-bond acceptors (Lipinski definition) is 2. The van der Waals surface area contributed by atoms with Crippen molar-refractivity contribution in [1.29, 1.82) is 0 Å². The van der Waals surface area contributed by atoms with E-state index in [1.54, 1.807) is 0 Å². The summed E-state index contributed by atoms with van der Waals surface area (Å²) in [6.45, 7) is 7.01. The van der Waals surface area contributed by atoms with Crippen molar-refractivity contribution in [1.82, 2.24) is 5.32 Å². The van der Waals surface area contributed by atoms with Crippen LogP contribution in [0.2, 0.25) is 0 Å². The van der Waals surface area contributed by atoms with Crippen LogP contribution in [-0.4, -0.2) is 26.8 Å². The highest BCUT2D eigenvalue weighted by molar-refractivity contribution is 5.01. The van der Waals surface area contributed by atoms with Crippen molar-refractivity contribution in [3.8, 4) is 0 Å². The van der Waals surface area contributed by atoms with Crippen LogP contribution in [0, 0.1) is 5.92 Å². The molecule has 1 saturated heterocycles. The van der Waals surface area contributed by atoms with E-state index in [0.717, 1.165) is 26.2 Å². The van der Waals surface area contributed by atoms with Crippen LogP contribution in [0.15, 0.2) is 12.2 Å². The molecule has 0 spiro atoms. The minimum Gasteiger partial charge on any atom is -0.381 e. The summed E-state index contributed by atoms with van der Waals surface area (Å²) in [7, 11) is 1.98. The molecule has 70 valence electrons. The van der Waals surface area contributed by atoms with Crippen LogP contribution < -0.4 is 5.32 Å². The van der Waals surface area contributed by atoms with E-state index in [1.807, 2.05) is 7.05 Å². The average molecular weight is 169 g/mol. The SMILES string of the molecule is C=C(CCNC)C1CCOCC1. The zero-order chi connectivity index (χ0) is 8.81. The largest absolute Gasteiger partial charge is 0.381 e. The van der Waals surface area contributed by atoms with Crippen molar-refractivity contribution < 1.29 is 4.74 Å². The zero-order valence-corrected chi connectivity index (χ0v) is 7.94. The van der Waals surface area contributed by atoms with Gasteiger partial charge in [-0.25, -0.2) is 0 Å². The first-order chi connectivity index (χ1) is 5.84. The van der Waals surface area contributed by atoms with Gasteiger partial charge in [-0.3, -0.25) is 0 Å². The molecule has 0 aromatic carbocycles. The normalized spacial score (nSPS) is 19.4. The summed E-state index contributed by atoms with van der Waals surface area (Å²) < 4.78 is 5.30. The third kappa shape index (κ3) is 2.95. The Kier molecular flexibility index (Phi) is 4.33. The second kappa shape index (κ2) is 5.33. The number of rotatable bonds is 4. The molecule has 1 rings (SSSR count). The Labute approximate surface area is 75.0 Å². The quantitative estimate of drug-likeness (QED) is 0.645. The molecule has 1 fully saturated rings. The van der Waals surface area contributed by atoms with E-state index in [4.69, 9.17) is 4.74 Å². The molecule has 0 aromatic heterocycles. The standard InChI is InChI=1S/C10H19NO/c1-9(3-6-11-2)10-4-7-12-8-5-10/h10-11H,1,3-8H2,2H3. The van der Waals surface area contributed by atoms with Gasteiger partial charge in [-0.2, -0.15) is 0 Å². The molecule has 12 heavy (non-hydrogen) atoms. The molecule has 0 amide bonds. The van der Waals surface area contributed by atoms with Crippen LogP contribution >= 0.6 is 0 Å². The monoisotopic (exact) mass is 169 g/mol. The minimum absolute atomic E-state index is 0.715. The second-order valence-electron chi connectivity index (χ2n) is 3.40. The molecule has 0 unspecified atom stereocenters. The van der Waals surface area contributed by atoms with Gasteiger partial charge < -0.3 is 10.1 Å². The molecular weight excluding hydrogens is 150 g/mol. The van der Waals surface area contributed by atoms with Gasteiger partial charge in [0.25, 0.3) is 0 Å². The molecule has 0 radical (unpaired) electrons. The third-order valence-electron chi connectivity index (χ3n) is 2.49. The molecule has 1 aliphatic rings. The molecule has 1 aliphatic heterocycles. The summed E-state index contributed by atoms with van der Waals surface area (Å²) in [6.07, 6.45) is 3.45. The van der Waals surface area contributed by atoms with Gasteiger partial charge in [-0.15, -0.1) is 0 Å². The second-order valence-corrected chi connectivity index (χ2v) is 3.40. The first-order valence-corrected chi connectivity index (χ1v) is 4.74. The maximum Gasteiger partial charge on any atom is 0.0471 e. The maximum atomic E-state index is 5.30. The van der Waals surface area contributed by atoms with Gasteiger partial charge in [0.15, 0.2) is 0 Å². The van der Waals surface area contributed by atoms with E-state index in [9.17, 15) is 0 Å². The van der Waals surface area contributed by atoms with Crippen molar-refractivity contribution in [3.63, 3.8) is 0 Å². The lowest BCUT2D eigenvalue weighted by Crippen LogP contribution is -2.19. The first kappa shape index (κ1) is 9.75. The molecule has 1 N–H and O–H groups in total. The Hall–Kier alpha value is -0.340. The van der Waals surface area contributed by atoms with Crippen LogP contribution in [0.3, 0.4) is 0 Å². The number of ether oxygens (including phenoxy) is 1. The third-order valence-corrected chi connectivity index (χ3v) is 2.49. The molecule has 2 heteroatoms. The molecule has 0 saturated carbocycles. The lowest BCUT2D eigenvalue weighted by molar-refractivity contribution is 0.0751. The van der Waals surface area contributed by atoms with Crippen LogP contribution in [0.5, 0.6) is 0 Å². The predicted molar refractivity (Wildman–Crippen MR) is 51.2 cm³/mol. The van der Waals surface area contributed by atoms with Crippen LogP contribution in [0.4, 0.5) is 0 Å². The zero-order valence-electron chi connectivity index (χ0n) is 7.94. The lowest BCUT2D eigenvalue weighted by atomic mass is 9.90. The summed E-state index contributed by atoms with van der Waals surface area (Å²) in [5.74, 6) is 0.715. The van der Waals surface area contributed by atoms with Gasteiger partial charge in [0.1, 0.15) is 0 Å². The predicted octanol–water partition coefficient (Wildman–Crippen LogP) is 1.58. The maximum absolute atomic E-state index is 5.30. The van der Waals surface area contributed by atoms with Gasteiger partial charge in [-0.05, 0) is 38.8 Å². The Balaban J connectivity index is 2.20. The highest BCUT2D eigenvalue weighted by atomic mass is 16.5. The molecule has 0 atom stereocenters. The summed E-state index contributed by atoms with van der Waals surface area (Å²) in [4.78, 5) is 0. The Morgan fingerprint density at radius 1 is 1.50 bits per heavy atom. The molecule has 0 aromatic rings. The molecule has 1 heterocycles. The van der Waals surface area contributed by atoms with Gasteiger partial charge in [0, 0.05) is 13.2 Å². The lowest BCUT2D eigenvalue weighted by Gasteiger charge is -2.23. The fourth-order valence-corrected chi connectivity index (χ4v) is 1.60. The van der Waals surface area contributed by atoms with Crippen molar-refractivity contribution in [2.45, 2.75) is 19.3 Å². The fraction of sp³-hybridized carbons (Fsp3) is 0.800. The fourth-order valence-electron chi connectivity index (χ4n) is 1.60. The first-order valence-electron chi connectivity index (χ1n) is 4.74. The van der Waals surface area contributed by atoms with E-state index in [1.165, 1.54) is 18.4 Å². The van der Waals surface area contributed by atoms with Crippen molar-refractivity contribution >= 4 is 0 Å². The minimum atomic E-state index is 0.715. The van der Waals surface area contributed by atoms with Crippen molar-refractivity contribution in [2.75, 3.05) is 26.8 Å². The van der Waals surface area contributed by atoms with E-state index in [0.29, 0.717) is 5.92 Å². The highest BCUT2D eigenvalue weighted by Crippen LogP contribution is 2.23. The smallest absolute Gasteiger partial charge is 0.0471 e. The van der Waals surface area contributed by atoms with Gasteiger partial charge in [0.2, 0.25) is 0 Å². The van der Waals surface area contributed by atoms with Crippen LogP contribution in [0.1, 0.15) is 19.3 Å². The molecule has 0 bridgehead atoms. The molecule has 2 nitrogen and oxygen atoms in total. The van der Waals surface area contributed by atoms with Gasteiger partial charge in [-0.1, -0.05) is 12.2 Å². The van der Waals surface area contributed by atoms with Gasteiger partial charge in [0.05, 0.1) is 0 Å². The number of hydrogen-bond donors (Lipinski definition) is 1. The van der Waals surface area contributed by atoms with E-state index >= 15 is 0 Å². The summed E-state index contributed by atoms with van der Waals surface area (Å²) in [6, 6.07) is 0. The molecule has 0 aliphatic carbocycles. The van der Waals surface area contributed by atoms with Crippen molar-refractivity contribution in [2.24, 2.45) is 5.92 Å². The number of nitrogens with one attached hydrogen (secondary N) is 1. The van der Waals surface area contributed by atoms with E-state index in [2.05, 4.69) is 11.9 Å². The molecular formula is C10H19NO. The Morgan fingerprint density at radius 3 is 2.75 bits per heavy atom. The van der Waals surface area contributed by atoms with Gasteiger partial charge >= 0.3 is 0 Å². The summed E-state index contributed by atoms with van der Waals surface area (Å²) in [5.41, 5.74) is 1.40. The average Bonchev–Trinajstić information content (AvgIpc) is 2.15. The van der Waals surface area contributed by atoms with E-state index < -0.39 is 0 Å². The Bertz CT molecular complexity index is 139. The van der Waals surface area contributed by atoms with E-state index in [-0.39, 0.29) is 0 Å². The highest BCUT2D eigenvalue weighted by Gasteiger charge is 2.15. The van der Waals surface area contributed by atoms with Crippen molar-refractivity contribution in [3.05, 3.63) is 12.2 Å². The summed E-state index contributed by atoms with van der Waals surface area (Å²) >= 11 is 0. The van der Waals surface area contributed by atoms with Crippen LogP contribution in [0.25, 0.3) is 0 Å². The topological polar surface area (TPSA) is 21.3 Å². The van der Waals surface area contributed by atoms with Crippen LogP contribution in [-0.2, 0) is 4.74 Å². The Morgan fingerprint density at radius 2 is 2.17 bits per heavy atom. The summed E-state index contributed by atoms with van der Waals surface area (Å²) in [5, 5.41) is 3.15.